The quantitative estimate of drug-likeness (QED) is 0.673. The van der Waals surface area contributed by atoms with Crippen molar-refractivity contribution in [2.45, 2.75) is 13.0 Å². The first-order valence-electron chi connectivity index (χ1n) is 3.99. The molecular formula is C9H10ClN3. The van der Waals surface area contributed by atoms with E-state index in [1.165, 1.54) is 11.1 Å². The van der Waals surface area contributed by atoms with E-state index in [1.807, 2.05) is 18.3 Å². The number of hydrogen-bond acceptors (Lipinski definition) is 3. The summed E-state index contributed by atoms with van der Waals surface area (Å²) in [6.07, 6.45) is 2.84. The van der Waals surface area contributed by atoms with Crippen LogP contribution in [0.4, 0.5) is 0 Å². The van der Waals surface area contributed by atoms with E-state index in [9.17, 15) is 0 Å². The summed E-state index contributed by atoms with van der Waals surface area (Å²) in [7, 11) is 0. The Hall–Kier alpha value is -1.11. The molecule has 1 aliphatic rings. The summed E-state index contributed by atoms with van der Waals surface area (Å²) in [5, 5.41) is 11.9. The molecule has 1 aromatic heterocycles. The number of fused-ring (bicyclic) bond motifs is 1. The molecule has 13 heavy (non-hydrogen) atoms. The van der Waals surface area contributed by atoms with Crippen molar-refractivity contribution < 1.29 is 0 Å². The predicted octanol–water partition coefficient (Wildman–Crippen LogP) is 1.02. The van der Waals surface area contributed by atoms with E-state index in [4.69, 9.17) is 5.26 Å². The van der Waals surface area contributed by atoms with Gasteiger partial charge in [0.2, 0.25) is 0 Å². The number of nitrogens with zero attached hydrogens (tertiary/aromatic N) is 2. The minimum Gasteiger partial charge on any atom is -0.312 e. The van der Waals surface area contributed by atoms with Crippen molar-refractivity contribution >= 4 is 12.4 Å². The van der Waals surface area contributed by atoms with E-state index >= 15 is 0 Å². The van der Waals surface area contributed by atoms with Crippen LogP contribution in [0, 0.1) is 11.3 Å². The van der Waals surface area contributed by atoms with Crippen LogP contribution in [0.1, 0.15) is 16.8 Å². The van der Waals surface area contributed by atoms with Gasteiger partial charge in [-0.25, -0.2) is 4.98 Å². The number of halogens is 1. The zero-order valence-corrected chi connectivity index (χ0v) is 7.90. The van der Waals surface area contributed by atoms with Gasteiger partial charge in [0.05, 0.1) is 0 Å². The highest BCUT2D eigenvalue weighted by Gasteiger charge is 2.08. The zero-order chi connectivity index (χ0) is 8.39. The second-order valence-electron chi connectivity index (χ2n) is 2.88. The number of hydrogen-bond donors (Lipinski definition) is 1. The maximum Gasteiger partial charge on any atom is 0.140 e. The van der Waals surface area contributed by atoms with Crippen LogP contribution in [0.3, 0.4) is 0 Å². The van der Waals surface area contributed by atoms with Crippen LogP contribution in [-0.2, 0) is 13.0 Å². The molecule has 0 amide bonds. The van der Waals surface area contributed by atoms with Gasteiger partial charge in [-0.1, -0.05) is 0 Å². The molecule has 0 aliphatic carbocycles. The molecule has 2 heterocycles. The van der Waals surface area contributed by atoms with E-state index < -0.39 is 0 Å². The number of nitrogens with one attached hydrogen (secondary N) is 1. The second kappa shape index (κ2) is 4.22. The van der Waals surface area contributed by atoms with Gasteiger partial charge in [0.25, 0.3) is 0 Å². The molecule has 2 rings (SSSR count). The summed E-state index contributed by atoms with van der Waals surface area (Å²) in [4.78, 5) is 4.02. The third-order valence-electron chi connectivity index (χ3n) is 2.08. The fraction of sp³-hybridized carbons (Fsp3) is 0.333. The third-order valence-corrected chi connectivity index (χ3v) is 2.08. The molecule has 1 N–H and O–H groups in total. The highest BCUT2D eigenvalue weighted by atomic mass is 35.5. The molecule has 3 nitrogen and oxygen atoms in total. The predicted molar refractivity (Wildman–Crippen MR) is 51.6 cm³/mol. The van der Waals surface area contributed by atoms with Crippen molar-refractivity contribution in [3.8, 4) is 6.07 Å². The lowest BCUT2D eigenvalue weighted by molar-refractivity contribution is 0.640. The van der Waals surface area contributed by atoms with Crippen LogP contribution >= 0.6 is 12.4 Å². The summed E-state index contributed by atoms with van der Waals surface area (Å²) < 4.78 is 0. The molecule has 1 aliphatic heterocycles. The van der Waals surface area contributed by atoms with Crippen molar-refractivity contribution in [1.29, 1.82) is 5.26 Å². The minimum absolute atomic E-state index is 0. The molecule has 0 saturated heterocycles. The molecule has 0 atom stereocenters. The van der Waals surface area contributed by atoms with E-state index in [2.05, 4.69) is 10.3 Å². The standard InChI is InChI=1S/C9H9N3.ClH/c10-4-9-3-8-5-11-2-1-7(8)6-12-9;/h3,6,11H,1-2,5H2;1H. The Morgan fingerprint density at radius 1 is 1.46 bits per heavy atom. The average Bonchev–Trinajstić information content (AvgIpc) is 2.17. The highest BCUT2D eigenvalue weighted by Crippen LogP contribution is 2.12. The van der Waals surface area contributed by atoms with Gasteiger partial charge < -0.3 is 5.32 Å². The first-order valence-corrected chi connectivity index (χ1v) is 3.99. The van der Waals surface area contributed by atoms with Gasteiger partial charge in [-0.05, 0) is 30.2 Å². The Kier molecular flexibility index (Phi) is 3.24. The lowest BCUT2D eigenvalue weighted by Gasteiger charge is -2.15. The Balaban J connectivity index is 0.000000845. The van der Waals surface area contributed by atoms with Crippen LogP contribution in [-0.4, -0.2) is 11.5 Å². The zero-order valence-electron chi connectivity index (χ0n) is 7.08. The maximum absolute atomic E-state index is 8.61. The summed E-state index contributed by atoms with van der Waals surface area (Å²) in [5.74, 6) is 0. The largest absolute Gasteiger partial charge is 0.312 e. The number of aromatic nitrogens is 1. The molecule has 0 unspecified atom stereocenters. The third kappa shape index (κ3) is 1.97. The number of rotatable bonds is 0. The van der Waals surface area contributed by atoms with Crippen molar-refractivity contribution in [1.82, 2.24) is 10.3 Å². The van der Waals surface area contributed by atoms with Crippen LogP contribution in [0.5, 0.6) is 0 Å². The summed E-state index contributed by atoms with van der Waals surface area (Å²) in [5.41, 5.74) is 3.00. The molecule has 0 bridgehead atoms. The fourth-order valence-corrected chi connectivity index (χ4v) is 1.42. The first kappa shape index (κ1) is 9.97. The van der Waals surface area contributed by atoms with E-state index in [0.717, 1.165) is 19.5 Å². The van der Waals surface area contributed by atoms with E-state index in [-0.39, 0.29) is 12.4 Å². The molecule has 1 aromatic rings. The van der Waals surface area contributed by atoms with Gasteiger partial charge in [-0.15, -0.1) is 12.4 Å². The lowest BCUT2D eigenvalue weighted by Crippen LogP contribution is -2.23. The van der Waals surface area contributed by atoms with Gasteiger partial charge in [0.15, 0.2) is 0 Å². The van der Waals surface area contributed by atoms with Gasteiger partial charge in [0, 0.05) is 12.7 Å². The molecule has 0 radical (unpaired) electrons. The molecule has 0 spiro atoms. The monoisotopic (exact) mass is 195 g/mol. The van der Waals surface area contributed by atoms with Crippen molar-refractivity contribution in [2.75, 3.05) is 6.54 Å². The Labute approximate surface area is 83.2 Å². The fourth-order valence-electron chi connectivity index (χ4n) is 1.42. The molecule has 0 saturated carbocycles. The van der Waals surface area contributed by atoms with Crippen molar-refractivity contribution in [3.63, 3.8) is 0 Å². The summed E-state index contributed by atoms with van der Waals surface area (Å²) in [6.45, 7) is 1.88. The summed E-state index contributed by atoms with van der Waals surface area (Å²) in [6, 6.07) is 3.90. The molecule has 68 valence electrons. The molecule has 0 fully saturated rings. The van der Waals surface area contributed by atoms with Gasteiger partial charge in [0.1, 0.15) is 11.8 Å². The average molecular weight is 196 g/mol. The van der Waals surface area contributed by atoms with E-state index in [0.29, 0.717) is 5.69 Å². The van der Waals surface area contributed by atoms with Crippen molar-refractivity contribution in [3.05, 3.63) is 29.1 Å². The van der Waals surface area contributed by atoms with Crippen molar-refractivity contribution in [2.24, 2.45) is 0 Å². The Bertz CT molecular complexity index is 343. The van der Waals surface area contributed by atoms with Crippen LogP contribution < -0.4 is 5.32 Å². The molecule has 4 heteroatoms. The minimum atomic E-state index is 0. The molecule has 0 aromatic carbocycles. The first-order chi connectivity index (χ1) is 5.90. The lowest BCUT2D eigenvalue weighted by atomic mass is 10.0. The van der Waals surface area contributed by atoms with Crippen LogP contribution in [0.15, 0.2) is 12.3 Å². The highest BCUT2D eigenvalue weighted by molar-refractivity contribution is 5.85. The summed E-state index contributed by atoms with van der Waals surface area (Å²) >= 11 is 0. The normalized spacial score (nSPS) is 13.8. The van der Waals surface area contributed by atoms with Gasteiger partial charge in [-0.3, -0.25) is 0 Å². The smallest absolute Gasteiger partial charge is 0.140 e. The van der Waals surface area contributed by atoms with Crippen LogP contribution in [0.2, 0.25) is 0 Å². The molecular weight excluding hydrogens is 186 g/mol. The Morgan fingerprint density at radius 3 is 3.08 bits per heavy atom. The topological polar surface area (TPSA) is 48.7 Å². The van der Waals surface area contributed by atoms with E-state index in [1.54, 1.807) is 0 Å². The SMILES string of the molecule is Cl.N#Cc1cc2c(cn1)CCNC2. The maximum atomic E-state index is 8.61. The van der Waals surface area contributed by atoms with Gasteiger partial charge in [-0.2, -0.15) is 5.26 Å². The Morgan fingerprint density at radius 2 is 2.31 bits per heavy atom. The number of nitriles is 1. The van der Waals surface area contributed by atoms with Crippen LogP contribution in [0.25, 0.3) is 0 Å². The second-order valence-corrected chi connectivity index (χ2v) is 2.88. The van der Waals surface area contributed by atoms with Gasteiger partial charge >= 0.3 is 0 Å². The number of pyridine rings is 1.